The second kappa shape index (κ2) is 6.49. The number of thiazole rings is 1. The molecule has 0 atom stereocenters. The van der Waals surface area contributed by atoms with Crippen molar-refractivity contribution in [1.29, 1.82) is 0 Å². The van der Waals surface area contributed by atoms with Crippen LogP contribution < -0.4 is 5.43 Å². The number of halogens is 1. The first-order chi connectivity index (χ1) is 13.6. The third-order valence-electron chi connectivity index (χ3n) is 4.85. The summed E-state index contributed by atoms with van der Waals surface area (Å²) in [5, 5.41) is 3.34. The molecule has 0 radical (unpaired) electrons. The number of nitrogens with zero attached hydrogens (tertiary/aromatic N) is 4. The Balaban J connectivity index is 1.50. The average molecular weight is 393 g/mol. The van der Waals surface area contributed by atoms with Crippen LogP contribution in [0.3, 0.4) is 0 Å². The van der Waals surface area contributed by atoms with Crippen LogP contribution in [-0.2, 0) is 0 Å². The Bertz CT molecular complexity index is 1200. The van der Waals surface area contributed by atoms with Crippen LogP contribution in [0.2, 0.25) is 0 Å². The molecule has 4 aromatic rings. The van der Waals surface area contributed by atoms with Gasteiger partial charge >= 0.3 is 0 Å². The Morgan fingerprint density at radius 1 is 1.29 bits per heavy atom. The SMILES string of the molecule is Cc1nc(-c2nccs2)ncc1C(=O)Nn1c(C2CC2)cc2cc(F)ccc21. The molecule has 0 saturated heterocycles. The third kappa shape index (κ3) is 2.95. The van der Waals surface area contributed by atoms with Gasteiger partial charge in [0.15, 0.2) is 10.8 Å². The number of aryl methyl sites for hydroxylation is 1. The number of amides is 1. The number of aromatic nitrogens is 4. The largest absolute Gasteiger partial charge is 0.273 e. The van der Waals surface area contributed by atoms with Crippen molar-refractivity contribution in [2.75, 3.05) is 5.43 Å². The number of carbonyl (C=O) groups is 1. The smallest absolute Gasteiger partial charge is 0.267 e. The van der Waals surface area contributed by atoms with Crippen molar-refractivity contribution < 1.29 is 9.18 Å². The average Bonchev–Trinajstić information content (AvgIpc) is 3.25. The van der Waals surface area contributed by atoms with Crippen LogP contribution in [0.25, 0.3) is 21.7 Å². The molecule has 0 aliphatic heterocycles. The molecule has 0 unspecified atom stereocenters. The molecule has 6 nitrogen and oxygen atoms in total. The van der Waals surface area contributed by atoms with Gasteiger partial charge in [0.05, 0.1) is 16.8 Å². The lowest BCUT2D eigenvalue weighted by Crippen LogP contribution is -2.25. The van der Waals surface area contributed by atoms with Crippen LogP contribution >= 0.6 is 11.3 Å². The van der Waals surface area contributed by atoms with Gasteiger partial charge in [0.2, 0.25) is 0 Å². The quantitative estimate of drug-likeness (QED) is 0.562. The minimum Gasteiger partial charge on any atom is -0.267 e. The van der Waals surface area contributed by atoms with Gasteiger partial charge in [-0.05, 0) is 44.0 Å². The molecule has 5 rings (SSSR count). The highest BCUT2D eigenvalue weighted by Gasteiger charge is 2.29. The number of rotatable bonds is 4. The molecule has 0 bridgehead atoms. The van der Waals surface area contributed by atoms with Crippen molar-refractivity contribution in [3.63, 3.8) is 0 Å². The zero-order valence-corrected chi connectivity index (χ0v) is 15.8. The van der Waals surface area contributed by atoms with E-state index in [1.54, 1.807) is 23.9 Å². The minimum absolute atomic E-state index is 0.291. The van der Waals surface area contributed by atoms with Crippen molar-refractivity contribution in [3.05, 3.63) is 64.8 Å². The van der Waals surface area contributed by atoms with Crippen molar-refractivity contribution in [2.24, 2.45) is 0 Å². The van der Waals surface area contributed by atoms with E-state index >= 15 is 0 Å². The Labute approximate surface area is 164 Å². The monoisotopic (exact) mass is 393 g/mol. The molecule has 1 aliphatic rings. The Morgan fingerprint density at radius 3 is 2.86 bits per heavy atom. The number of carbonyl (C=O) groups excluding carboxylic acids is 1. The van der Waals surface area contributed by atoms with E-state index in [1.165, 1.54) is 29.7 Å². The van der Waals surface area contributed by atoms with E-state index in [4.69, 9.17) is 0 Å². The van der Waals surface area contributed by atoms with Gasteiger partial charge in [-0.2, -0.15) is 0 Å². The number of fused-ring (bicyclic) bond motifs is 1. The summed E-state index contributed by atoms with van der Waals surface area (Å²) >= 11 is 1.45. The van der Waals surface area contributed by atoms with Gasteiger partial charge in [-0.15, -0.1) is 11.3 Å². The van der Waals surface area contributed by atoms with Crippen molar-refractivity contribution in [1.82, 2.24) is 19.6 Å². The van der Waals surface area contributed by atoms with Gasteiger partial charge in [-0.3, -0.25) is 14.9 Å². The first-order valence-electron chi connectivity index (χ1n) is 8.96. The molecule has 140 valence electrons. The first kappa shape index (κ1) is 17.0. The molecule has 1 saturated carbocycles. The van der Waals surface area contributed by atoms with Gasteiger partial charge in [0.1, 0.15) is 5.82 Å². The zero-order chi connectivity index (χ0) is 19.3. The lowest BCUT2D eigenvalue weighted by Gasteiger charge is -2.13. The van der Waals surface area contributed by atoms with Crippen molar-refractivity contribution in [3.8, 4) is 10.8 Å². The van der Waals surface area contributed by atoms with E-state index in [1.807, 2.05) is 11.4 Å². The van der Waals surface area contributed by atoms with E-state index in [0.717, 1.165) is 29.4 Å². The maximum absolute atomic E-state index is 13.6. The summed E-state index contributed by atoms with van der Waals surface area (Å²) in [6.45, 7) is 1.78. The molecule has 0 spiro atoms. The van der Waals surface area contributed by atoms with E-state index in [0.29, 0.717) is 28.0 Å². The normalized spacial score (nSPS) is 13.8. The predicted octanol–water partition coefficient (Wildman–Crippen LogP) is 4.26. The predicted molar refractivity (Wildman–Crippen MR) is 105 cm³/mol. The van der Waals surface area contributed by atoms with Crippen LogP contribution in [0, 0.1) is 12.7 Å². The molecule has 8 heteroatoms. The molecular formula is C20H16FN5OS. The molecule has 28 heavy (non-hydrogen) atoms. The highest BCUT2D eigenvalue weighted by atomic mass is 32.1. The summed E-state index contributed by atoms with van der Waals surface area (Å²) in [6, 6.07) is 6.52. The molecule has 1 amide bonds. The Hall–Kier alpha value is -3.13. The zero-order valence-electron chi connectivity index (χ0n) is 15.0. The van der Waals surface area contributed by atoms with Crippen LogP contribution in [-0.4, -0.2) is 25.5 Å². The fraction of sp³-hybridized carbons (Fsp3) is 0.200. The molecule has 3 aromatic heterocycles. The standard InChI is InChI=1S/C20H16FN5OS/c1-11-15(10-23-18(24-11)20-22-6-7-28-20)19(27)25-26-16-5-4-14(21)8-13(16)9-17(26)12-2-3-12/h4-10,12H,2-3H2,1H3,(H,25,27). The summed E-state index contributed by atoms with van der Waals surface area (Å²) in [6.07, 6.45) is 5.36. The van der Waals surface area contributed by atoms with Crippen LogP contribution in [0.4, 0.5) is 4.39 Å². The molecule has 1 N–H and O–H groups in total. The van der Waals surface area contributed by atoms with Crippen LogP contribution in [0.15, 0.2) is 42.0 Å². The van der Waals surface area contributed by atoms with E-state index in [9.17, 15) is 9.18 Å². The van der Waals surface area contributed by atoms with Gasteiger partial charge in [0, 0.05) is 34.8 Å². The molecule has 1 aromatic carbocycles. The highest BCUT2D eigenvalue weighted by molar-refractivity contribution is 7.13. The molecular weight excluding hydrogens is 377 g/mol. The minimum atomic E-state index is -0.299. The molecule has 1 aliphatic carbocycles. The van der Waals surface area contributed by atoms with E-state index in [2.05, 4.69) is 20.4 Å². The summed E-state index contributed by atoms with van der Waals surface area (Å²) in [7, 11) is 0. The van der Waals surface area contributed by atoms with E-state index < -0.39 is 0 Å². The fourth-order valence-corrected chi connectivity index (χ4v) is 3.88. The highest BCUT2D eigenvalue weighted by Crippen LogP contribution is 2.42. The van der Waals surface area contributed by atoms with Crippen LogP contribution in [0.1, 0.15) is 40.5 Å². The second-order valence-electron chi connectivity index (χ2n) is 6.85. The fourth-order valence-electron chi connectivity index (χ4n) is 3.30. The lowest BCUT2D eigenvalue weighted by atomic mass is 10.2. The Morgan fingerprint density at radius 2 is 2.14 bits per heavy atom. The summed E-state index contributed by atoms with van der Waals surface area (Å²) in [4.78, 5) is 25.9. The second-order valence-corrected chi connectivity index (χ2v) is 7.75. The maximum Gasteiger partial charge on any atom is 0.273 e. The number of nitrogens with one attached hydrogen (secondary N) is 1. The van der Waals surface area contributed by atoms with E-state index in [-0.39, 0.29) is 11.7 Å². The molecule has 1 fully saturated rings. The third-order valence-corrected chi connectivity index (χ3v) is 5.62. The number of benzene rings is 1. The molecule has 3 heterocycles. The number of hydrogen-bond acceptors (Lipinski definition) is 5. The van der Waals surface area contributed by atoms with Crippen molar-refractivity contribution in [2.45, 2.75) is 25.7 Å². The summed E-state index contributed by atoms with van der Waals surface area (Å²) < 4.78 is 15.4. The van der Waals surface area contributed by atoms with Gasteiger partial charge < -0.3 is 0 Å². The Kier molecular flexibility index (Phi) is 3.94. The van der Waals surface area contributed by atoms with Crippen LogP contribution in [0.5, 0.6) is 0 Å². The van der Waals surface area contributed by atoms with Gasteiger partial charge in [-0.1, -0.05) is 0 Å². The summed E-state index contributed by atoms with van der Waals surface area (Å²) in [5.41, 5.74) is 5.68. The van der Waals surface area contributed by atoms with Gasteiger partial charge in [-0.25, -0.2) is 19.3 Å². The first-order valence-corrected chi connectivity index (χ1v) is 9.84. The summed E-state index contributed by atoms with van der Waals surface area (Å²) in [5.74, 6) is 0.303. The van der Waals surface area contributed by atoms with Crippen molar-refractivity contribution >= 4 is 28.1 Å². The topological polar surface area (TPSA) is 72.7 Å². The lowest BCUT2D eigenvalue weighted by molar-refractivity contribution is 0.101. The van der Waals surface area contributed by atoms with Gasteiger partial charge in [0.25, 0.3) is 5.91 Å². The maximum atomic E-state index is 13.6. The number of hydrogen-bond donors (Lipinski definition) is 1.